The van der Waals surface area contributed by atoms with Crippen molar-refractivity contribution in [1.82, 2.24) is 20.1 Å². The summed E-state index contributed by atoms with van der Waals surface area (Å²) in [6, 6.07) is 6.50. The molecule has 0 saturated carbocycles. The molecule has 126 valence electrons. The van der Waals surface area contributed by atoms with Crippen LogP contribution >= 0.6 is 0 Å². The summed E-state index contributed by atoms with van der Waals surface area (Å²) >= 11 is 0. The van der Waals surface area contributed by atoms with Gasteiger partial charge in [0.1, 0.15) is 5.82 Å². The Labute approximate surface area is 138 Å². The molecule has 3 rings (SSSR count). The fourth-order valence-corrected chi connectivity index (χ4v) is 3.34. The highest BCUT2D eigenvalue weighted by Crippen LogP contribution is 2.13. The fraction of sp³-hybridized carbons (Fsp3) is 0.647. The topological polar surface area (TPSA) is 51.7 Å². The maximum atomic E-state index is 12.4. The smallest absolute Gasteiger partial charge is 0.223 e. The van der Waals surface area contributed by atoms with Crippen LogP contribution in [0.5, 0.6) is 0 Å². The first-order valence-electron chi connectivity index (χ1n) is 8.62. The second-order valence-corrected chi connectivity index (χ2v) is 6.39. The van der Waals surface area contributed by atoms with Crippen LogP contribution in [0.3, 0.4) is 0 Å². The molecule has 1 aromatic heterocycles. The number of amides is 1. The van der Waals surface area contributed by atoms with E-state index in [1.807, 2.05) is 29.3 Å². The van der Waals surface area contributed by atoms with Crippen LogP contribution in [-0.4, -0.2) is 79.1 Å². The summed E-state index contributed by atoms with van der Waals surface area (Å²) in [5.74, 6) is 1.30. The highest BCUT2D eigenvalue weighted by Gasteiger charge is 2.23. The van der Waals surface area contributed by atoms with Crippen molar-refractivity contribution in [3.05, 3.63) is 24.4 Å². The van der Waals surface area contributed by atoms with E-state index in [4.69, 9.17) is 0 Å². The fourth-order valence-electron chi connectivity index (χ4n) is 3.34. The summed E-state index contributed by atoms with van der Waals surface area (Å²) in [4.78, 5) is 23.5. The molecule has 0 unspecified atom stereocenters. The van der Waals surface area contributed by atoms with Crippen molar-refractivity contribution in [2.24, 2.45) is 0 Å². The Morgan fingerprint density at radius 3 is 2.78 bits per heavy atom. The molecular formula is C17H27N5O. The third-order valence-corrected chi connectivity index (χ3v) is 4.86. The monoisotopic (exact) mass is 317 g/mol. The number of hydrogen-bond donors (Lipinski definition) is 1. The summed E-state index contributed by atoms with van der Waals surface area (Å²) in [6.07, 6.45) is 2.45. The number of piperazine rings is 2. The van der Waals surface area contributed by atoms with Crippen LogP contribution in [0.2, 0.25) is 0 Å². The zero-order chi connectivity index (χ0) is 16.1. The molecular weight excluding hydrogens is 290 g/mol. The Morgan fingerprint density at radius 1 is 1.26 bits per heavy atom. The standard InChI is InChI=1S/C17H27N5O/c1-15-14-18-7-9-20(15)8-5-17(23)22-12-10-21(11-13-22)16-4-2-3-6-19-16/h2-4,6,15,18H,5,7-14H2,1H3/t15-/m1/s1. The lowest BCUT2D eigenvalue weighted by Gasteiger charge is -2.37. The second-order valence-electron chi connectivity index (χ2n) is 6.39. The lowest BCUT2D eigenvalue weighted by Crippen LogP contribution is -2.52. The normalized spacial score (nSPS) is 23.1. The van der Waals surface area contributed by atoms with Gasteiger partial charge in [-0.15, -0.1) is 0 Å². The van der Waals surface area contributed by atoms with E-state index < -0.39 is 0 Å². The summed E-state index contributed by atoms with van der Waals surface area (Å²) in [5, 5.41) is 3.39. The first kappa shape index (κ1) is 16.2. The van der Waals surface area contributed by atoms with E-state index in [-0.39, 0.29) is 5.91 Å². The molecule has 1 atom stereocenters. The number of rotatable bonds is 4. The molecule has 2 aliphatic heterocycles. The van der Waals surface area contributed by atoms with Gasteiger partial charge in [0, 0.05) is 71.0 Å². The molecule has 2 saturated heterocycles. The molecule has 2 aliphatic rings. The van der Waals surface area contributed by atoms with Crippen LogP contribution < -0.4 is 10.2 Å². The van der Waals surface area contributed by atoms with Gasteiger partial charge in [0.05, 0.1) is 0 Å². The zero-order valence-electron chi connectivity index (χ0n) is 13.9. The van der Waals surface area contributed by atoms with Gasteiger partial charge in [-0.25, -0.2) is 4.98 Å². The van der Waals surface area contributed by atoms with E-state index in [1.54, 1.807) is 0 Å². The number of pyridine rings is 1. The van der Waals surface area contributed by atoms with Crippen LogP contribution in [0.1, 0.15) is 13.3 Å². The number of nitrogens with zero attached hydrogens (tertiary/aromatic N) is 4. The molecule has 6 heteroatoms. The van der Waals surface area contributed by atoms with Gasteiger partial charge < -0.3 is 15.1 Å². The number of hydrogen-bond acceptors (Lipinski definition) is 5. The van der Waals surface area contributed by atoms with Crippen molar-refractivity contribution >= 4 is 11.7 Å². The van der Waals surface area contributed by atoms with E-state index in [9.17, 15) is 4.79 Å². The van der Waals surface area contributed by atoms with Crippen LogP contribution in [0, 0.1) is 0 Å². The van der Waals surface area contributed by atoms with E-state index in [0.29, 0.717) is 12.5 Å². The van der Waals surface area contributed by atoms with Crippen LogP contribution in [0.15, 0.2) is 24.4 Å². The SMILES string of the molecule is C[C@@H]1CNCCN1CCC(=O)N1CCN(c2ccccn2)CC1. The molecule has 6 nitrogen and oxygen atoms in total. The number of nitrogens with one attached hydrogen (secondary N) is 1. The maximum absolute atomic E-state index is 12.4. The van der Waals surface area contributed by atoms with E-state index in [0.717, 1.165) is 58.2 Å². The predicted octanol–water partition coefficient (Wildman–Crippen LogP) is 0.414. The van der Waals surface area contributed by atoms with Crippen molar-refractivity contribution in [3.8, 4) is 0 Å². The number of aromatic nitrogens is 1. The van der Waals surface area contributed by atoms with Gasteiger partial charge in [0.15, 0.2) is 0 Å². The zero-order valence-corrected chi connectivity index (χ0v) is 13.9. The lowest BCUT2D eigenvalue weighted by atomic mass is 10.2. The Kier molecular flexibility index (Phi) is 5.46. The molecule has 1 amide bonds. The van der Waals surface area contributed by atoms with E-state index >= 15 is 0 Å². The number of anilines is 1. The largest absolute Gasteiger partial charge is 0.353 e. The molecule has 23 heavy (non-hydrogen) atoms. The first-order valence-corrected chi connectivity index (χ1v) is 8.62. The molecule has 0 aliphatic carbocycles. The quantitative estimate of drug-likeness (QED) is 0.872. The second kappa shape index (κ2) is 7.75. The molecule has 1 N–H and O–H groups in total. The minimum Gasteiger partial charge on any atom is -0.353 e. The third kappa shape index (κ3) is 4.20. The van der Waals surface area contributed by atoms with Gasteiger partial charge >= 0.3 is 0 Å². The molecule has 2 fully saturated rings. The summed E-state index contributed by atoms with van der Waals surface area (Å²) in [6.45, 7) is 9.53. The number of carbonyl (C=O) groups is 1. The van der Waals surface area contributed by atoms with E-state index in [2.05, 4.69) is 27.0 Å². The highest BCUT2D eigenvalue weighted by atomic mass is 16.2. The first-order chi connectivity index (χ1) is 11.2. The van der Waals surface area contributed by atoms with Crippen molar-refractivity contribution < 1.29 is 4.79 Å². The minimum atomic E-state index is 0.288. The Morgan fingerprint density at radius 2 is 2.09 bits per heavy atom. The van der Waals surface area contributed by atoms with Gasteiger partial charge in [-0.05, 0) is 19.1 Å². The van der Waals surface area contributed by atoms with Crippen molar-refractivity contribution in [2.45, 2.75) is 19.4 Å². The average Bonchev–Trinajstić information content (AvgIpc) is 2.62. The predicted molar refractivity (Wildman–Crippen MR) is 91.6 cm³/mol. The third-order valence-electron chi connectivity index (χ3n) is 4.86. The number of carbonyl (C=O) groups excluding carboxylic acids is 1. The van der Waals surface area contributed by atoms with Gasteiger partial charge in [0.25, 0.3) is 0 Å². The van der Waals surface area contributed by atoms with Gasteiger partial charge in [-0.3, -0.25) is 9.69 Å². The molecule has 0 bridgehead atoms. The van der Waals surface area contributed by atoms with E-state index in [1.165, 1.54) is 0 Å². The molecule has 1 aromatic rings. The Hall–Kier alpha value is -1.66. The van der Waals surface area contributed by atoms with Crippen molar-refractivity contribution in [3.63, 3.8) is 0 Å². The van der Waals surface area contributed by atoms with Crippen LogP contribution in [0.25, 0.3) is 0 Å². The summed E-state index contributed by atoms with van der Waals surface area (Å²) in [5.41, 5.74) is 0. The summed E-state index contributed by atoms with van der Waals surface area (Å²) in [7, 11) is 0. The lowest BCUT2D eigenvalue weighted by molar-refractivity contribution is -0.132. The van der Waals surface area contributed by atoms with Gasteiger partial charge in [-0.2, -0.15) is 0 Å². The molecule has 3 heterocycles. The van der Waals surface area contributed by atoms with Gasteiger partial charge in [0.2, 0.25) is 5.91 Å². The molecule has 0 spiro atoms. The molecule has 0 aromatic carbocycles. The van der Waals surface area contributed by atoms with Crippen LogP contribution in [-0.2, 0) is 4.79 Å². The van der Waals surface area contributed by atoms with Crippen molar-refractivity contribution in [2.75, 3.05) is 57.3 Å². The van der Waals surface area contributed by atoms with Crippen LogP contribution in [0.4, 0.5) is 5.82 Å². The maximum Gasteiger partial charge on any atom is 0.223 e. The average molecular weight is 317 g/mol. The summed E-state index contributed by atoms with van der Waals surface area (Å²) < 4.78 is 0. The minimum absolute atomic E-state index is 0.288. The molecule has 0 radical (unpaired) electrons. The highest BCUT2D eigenvalue weighted by molar-refractivity contribution is 5.76. The van der Waals surface area contributed by atoms with Crippen molar-refractivity contribution in [1.29, 1.82) is 0 Å². The van der Waals surface area contributed by atoms with Gasteiger partial charge in [-0.1, -0.05) is 6.07 Å². The Balaban J connectivity index is 1.43. The Bertz CT molecular complexity index is 501.